The van der Waals surface area contributed by atoms with Gasteiger partial charge in [0.15, 0.2) is 0 Å². The minimum Gasteiger partial charge on any atom is -0.512 e. The molecule has 0 unspecified atom stereocenters. The van der Waals surface area contributed by atoms with Crippen LogP contribution in [0.3, 0.4) is 0 Å². The third-order valence-electron chi connectivity index (χ3n) is 3.88. The molecule has 0 atom stereocenters. The average molecular weight is 428 g/mol. The van der Waals surface area contributed by atoms with E-state index in [-0.39, 0.29) is 32.7 Å². The van der Waals surface area contributed by atoms with Crippen molar-refractivity contribution in [2.75, 3.05) is 31.6 Å². The number of morpholine rings is 1. The molecule has 28 heavy (non-hydrogen) atoms. The summed E-state index contributed by atoms with van der Waals surface area (Å²) >= 11 is 4.26. The normalized spacial score (nSPS) is 16.4. The van der Waals surface area contributed by atoms with Crippen molar-refractivity contribution in [2.24, 2.45) is 0 Å². The Kier molecular flexibility index (Phi) is 7.24. The number of amides is 1. The second-order valence-electron chi connectivity index (χ2n) is 5.93. The maximum Gasteiger partial charge on any atom is 0.294 e. The molecule has 1 aromatic rings. The van der Waals surface area contributed by atoms with Gasteiger partial charge in [-0.1, -0.05) is 6.07 Å². The molecule has 1 fully saturated rings. The maximum absolute atomic E-state index is 12.5. The van der Waals surface area contributed by atoms with Crippen molar-refractivity contribution in [1.82, 2.24) is 4.90 Å². The molecule has 1 aromatic carbocycles. The van der Waals surface area contributed by atoms with Crippen LogP contribution in [-0.4, -0.2) is 61.0 Å². The van der Waals surface area contributed by atoms with Crippen molar-refractivity contribution in [1.29, 1.82) is 5.41 Å². The predicted molar refractivity (Wildman–Crippen MR) is 107 cm³/mol. The van der Waals surface area contributed by atoms with Crippen molar-refractivity contribution < 1.29 is 27.6 Å². The first-order valence-corrected chi connectivity index (χ1v) is 10.1. The van der Waals surface area contributed by atoms with E-state index in [0.29, 0.717) is 26.3 Å². The van der Waals surface area contributed by atoms with Gasteiger partial charge >= 0.3 is 0 Å². The summed E-state index contributed by atoms with van der Waals surface area (Å²) in [6.45, 7) is 3.30. The number of carbonyl (C=O) groups excluding carboxylic acids is 1. The molecular formula is C17H21N3O6S2. The van der Waals surface area contributed by atoms with Crippen molar-refractivity contribution in [2.45, 2.75) is 11.8 Å². The van der Waals surface area contributed by atoms with Gasteiger partial charge in [-0.25, -0.2) is 0 Å². The molecule has 2 rings (SSSR count). The zero-order valence-corrected chi connectivity index (χ0v) is 16.8. The van der Waals surface area contributed by atoms with E-state index in [1.807, 2.05) is 0 Å². The molecule has 1 aliphatic rings. The Morgan fingerprint density at radius 2 is 2.00 bits per heavy atom. The zero-order valence-electron chi connectivity index (χ0n) is 15.0. The molecule has 0 aromatic heterocycles. The number of aliphatic hydroxyl groups is 1. The highest BCUT2D eigenvalue weighted by molar-refractivity contribution is 7.86. The molecule has 4 N–H and O–H groups in total. The summed E-state index contributed by atoms with van der Waals surface area (Å²) in [6, 6.07) is 5.03. The molecule has 0 saturated carbocycles. The quantitative estimate of drug-likeness (QED) is 0.0918. The van der Waals surface area contributed by atoms with Gasteiger partial charge in [0.2, 0.25) is 0 Å². The number of aliphatic hydroxyl groups excluding tert-OH is 1. The summed E-state index contributed by atoms with van der Waals surface area (Å²) < 4.78 is 36.8. The van der Waals surface area contributed by atoms with Crippen molar-refractivity contribution in [3.63, 3.8) is 0 Å². The molecule has 1 aliphatic heterocycles. The number of thiol groups is 1. The van der Waals surface area contributed by atoms with Crippen LogP contribution in [0.1, 0.15) is 6.92 Å². The molecule has 152 valence electrons. The van der Waals surface area contributed by atoms with Crippen LogP contribution < -0.4 is 5.32 Å². The van der Waals surface area contributed by atoms with E-state index >= 15 is 0 Å². The van der Waals surface area contributed by atoms with Crippen LogP contribution >= 0.6 is 12.6 Å². The van der Waals surface area contributed by atoms with E-state index in [9.17, 15) is 18.3 Å². The molecule has 0 bridgehead atoms. The molecule has 1 saturated heterocycles. The molecule has 0 spiro atoms. The lowest BCUT2D eigenvalue weighted by Gasteiger charge is -2.29. The molecule has 1 heterocycles. The standard InChI is InChI=1S/C17H21N3O6S2/c1-11(21)14(10-15(27)16(18)20-5-7-26-8-6-20)17(22)19-12-3-2-4-13(9-12)28(23,24)25/h2-4,9-10,18,21,27H,5-8H2,1H3,(H,19,22)(H,23,24,25). The highest BCUT2D eigenvalue weighted by atomic mass is 32.2. The van der Waals surface area contributed by atoms with Crippen LogP contribution in [0.15, 0.2) is 51.5 Å². The number of rotatable bonds is 5. The predicted octanol–water partition coefficient (Wildman–Crippen LogP) is 1.83. The Labute approximate surface area is 168 Å². The highest BCUT2D eigenvalue weighted by Gasteiger charge is 2.19. The summed E-state index contributed by atoms with van der Waals surface area (Å²) in [4.78, 5) is 14.1. The summed E-state index contributed by atoms with van der Waals surface area (Å²) in [5.41, 5.74) is -0.0310. The molecule has 11 heteroatoms. The van der Waals surface area contributed by atoms with E-state index in [1.165, 1.54) is 31.2 Å². The van der Waals surface area contributed by atoms with Gasteiger partial charge in [0.05, 0.1) is 23.7 Å². The van der Waals surface area contributed by atoms with Crippen LogP contribution in [-0.2, 0) is 19.6 Å². The number of anilines is 1. The second-order valence-corrected chi connectivity index (χ2v) is 7.84. The van der Waals surface area contributed by atoms with E-state index in [2.05, 4.69) is 17.9 Å². The fourth-order valence-corrected chi connectivity index (χ4v) is 3.22. The minimum atomic E-state index is -4.42. The van der Waals surface area contributed by atoms with Gasteiger partial charge < -0.3 is 20.1 Å². The summed E-state index contributed by atoms with van der Waals surface area (Å²) in [7, 11) is -4.42. The fraction of sp³-hybridized carbons (Fsp3) is 0.294. The summed E-state index contributed by atoms with van der Waals surface area (Å²) in [5.74, 6) is -0.940. The Bertz CT molecular complexity index is 930. The minimum absolute atomic E-state index is 0.0894. The first-order chi connectivity index (χ1) is 13.1. The first-order valence-electron chi connectivity index (χ1n) is 8.20. The number of allylic oxidation sites excluding steroid dienone is 1. The number of amidine groups is 1. The Morgan fingerprint density at radius 1 is 1.36 bits per heavy atom. The van der Waals surface area contributed by atoms with Crippen molar-refractivity contribution in [3.8, 4) is 0 Å². The molecular weight excluding hydrogens is 406 g/mol. The zero-order chi connectivity index (χ0) is 20.9. The van der Waals surface area contributed by atoms with Crippen molar-refractivity contribution >= 4 is 40.2 Å². The van der Waals surface area contributed by atoms with Crippen LogP contribution in [0.25, 0.3) is 0 Å². The Hall–Kier alpha value is -2.34. The lowest BCUT2D eigenvalue weighted by Crippen LogP contribution is -2.40. The van der Waals surface area contributed by atoms with Gasteiger partial charge in [0, 0.05) is 23.7 Å². The van der Waals surface area contributed by atoms with Crippen LogP contribution in [0.2, 0.25) is 0 Å². The number of benzene rings is 1. The molecule has 1 amide bonds. The lowest BCUT2D eigenvalue weighted by molar-refractivity contribution is -0.112. The van der Waals surface area contributed by atoms with Crippen LogP contribution in [0.5, 0.6) is 0 Å². The Balaban J connectivity index is 2.21. The maximum atomic E-state index is 12.5. The Morgan fingerprint density at radius 3 is 2.57 bits per heavy atom. The SMILES string of the molecule is CC(O)=C(C=C(S)C(=N)N1CCOCC1)C(=O)Nc1cccc(S(=O)(=O)O)c1. The van der Waals surface area contributed by atoms with Gasteiger partial charge in [-0.2, -0.15) is 8.42 Å². The monoisotopic (exact) mass is 427 g/mol. The largest absolute Gasteiger partial charge is 0.512 e. The van der Waals surface area contributed by atoms with E-state index in [0.717, 1.165) is 6.07 Å². The fourth-order valence-electron chi connectivity index (χ4n) is 2.42. The number of carbonyl (C=O) groups is 1. The molecule has 0 aliphatic carbocycles. The number of hydrogen-bond donors (Lipinski definition) is 5. The van der Waals surface area contributed by atoms with Gasteiger partial charge in [-0.05, 0) is 31.2 Å². The van der Waals surface area contributed by atoms with Gasteiger partial charge in [0.25, 0.3) is 16.0 Å². The van der Waals surface area contributed by atoms with E-state index in [1.54, 1.807) is 4.90 Å². The number of nitrogens with one attached hydrogen (secondary N) is 2. The number of ether oxygens (including phenoxy) is 1. The third-order valence-corrected chi connectivity index (χ3v) is 5.07. The van der Waals surface area contributed by atoms with Crippen LogP contribution in [0, 0.1) is 5.41 Å². The third kappa shape index (κ3) is 5.83. The van der Waals surface area contributed by atoms with Gasteiger partial charge in [-0.15, -0.1) is 12.6 Å². The van der Waals surface area contributed by atoms with Crippen molar-refractivity contribution in [3.05, 3.63) is 46.6 Å². The van der Waals surface area contributed by atoms with Crippen LogP contribution in [0.4, 0.5) is 5.69 Å². The van der Waals surface area contributed by atoms with E-state index < -0.39 is 16.0 Å². The number of nitrogens with zero attached hydrogens (tertiary/aromatic N) is 1. The number of hydrogen-bond acceptors (Lipinski definition) is 7. The first kappa shape index (κ1) is 22.0. The topological polar surface area (TPSA) is 140 Å². The highest BCUT2D eigenvalue weighted by Crippen LogP contribution is 2.19. The summed E-state index contributed by atoms with van der Waals surface area (Å²) in [6.07, 6.45) is 1.26. The smallest absolute Gasteiger partial charge is 0.294 e. The van der Waals surface area contributed by atoms with Gasteiger partial charge in [-0.3, -0.25) is 14.8 Å². The average Bonchev–Trinajstić information content (AvgIpc) is 2.65. The van der Waals surface area contributed by atoms with Gasteiger partial charge in [0.1, 0.15) is 11.6 Å². The second kappa shape index (κ2) is 9.24. The molecule has 9 nitrogen and oxygen atoms in total. The molecule has 0 radical (unpaired) electrons. The lowest BCUT2D eigenvalue weighted by atomic mass is 10.1. The van der Waals surface area contributed by atoms with E-state index in [4.69, 9.17) is 14.7 Å². The summed E-state index contributed by atoms with van der Waals surface area (Å²) in [5, 5.41) is 20.5.